The third-order valence-electron chi connectivity index (χ3n) is 4.65. The molecule has 2 N–H and O–H groups in total. The molecule has 146 valence electrons. The molecule has 2 atom stereocenters. The SMILES string of the molecule is O=C(CNc1ccc(-n2cccn2)c(F)c1)N[C@@H]1CCC[C@H](C(F)(F)F)C1. The summed E-state index contributed by atoms with van der Waals surface area (Å²) in [4.78, 5) is 12.0. The van der Waals surface area contributed by atoms with Crippen LogP contribution in [-0.2, 0) is 4.79 Å². The Hall–Kier alpha value is -2.58. The van der Waals surface area contributed by atoms with Gasteiger partial charge in [0.2, 0.25) is 5.91 Å². The molecular weight excluding hydrogens is 364 g/mol. The molecule has 0 aliphatic heterocycles. The van der Waals surface area contributed by atoms with Crippen LogP contribution in [0.25, 0.3) is 5.69 Å². The number of hydrogen-bond acceptors (Lipinski definition) is 3. The summed E-state index contributed by atoms with van der Waals surface area (Å²) in [5.41, 5.74) is 0.672. The monoisotopic (exact) mass is 384 g/mol. The Morgan fingerprint density at radius 2 is 2.11 bits per heavy atom. The molecule has 3 rings (SSSR count). The van der Waals surface area contributed by atoms with Crippen molar-refractivity contribution >= 4 is 11.6 Å². The average Bonchev–Trinajstić information content (AvgIpc) is 3.14. The van der Waals surface area contributed by atoms with Gasteiger partial charge < -0.3 is 10.6 Å². The van der Waals surface area contributed by atoms with Crippen LogP contribution in [0, 0.1) is 11.7 Å². The van der Waals surface area contributed by atoms with Crippen LogP contribution in [0.5, 0.6) is 0 Å². The first-order valence-corrected chi connectivity index (χ1v) is 8.72. The van der Waals surface area contributed by atoms with Gasteiger partial charge in [0.05, 0.1) is 12.5 Å². The van der Waals surface area contributed by atoms with Crippen LogP contribution in [0.4, 0.5) is 23.2 Å². The summed E-state index contributed by atoms with van der Waals surface area (Å²) in [6, 6.07) is 5.55. The Morgan fingerprint density at radius 1 is 1.30 bits per heavy atom. The number of benzene rings is 1. The summed E-state index contributed by atoms with van der Waals surface area (Å²) in [6.45, 7) is -0.145. The molecule has 1 amide bonds. The number of amides is 1. The maximum absolute atomic E-state index is 14.2. The van der Waals surface area contributed by atoms with Crippen molar-refractivity contribution in [1.82, 2.24) is 15.1 Å². The Bertz CT molecular complexity index is 776. The van der Waals surface area contributed by atoms with Gasteiger partial charge in [-0.05, 0) is 43.5 Å². The summed E-state index contributed by atoms with van der Waals surface area (Å²) in [6.07, 6.45) is -0.107. The van der Waals surface area contributed by atoms with Crippen LogP contribution in [0.3, 0.4) is 0 Å². The van der Waals surface area contributed by atoms with Gasteiger partial charge in [0.15, 0.2) is 5.82 Å². The van der Waals surface area contributed by atoms with Gasteiger partial charge >= 0.3 is 6.18 Å². The van der Waals surface area contributed by atoms with E-state index in [-0.39, 0.29) is 25.1 Å². The van der Waals surface area contributed by atoms with Crippen molar-refractivity contribution in [2.24, 2.45) is 5.92 Å². The van der Waals surface area contributed by atoms with E-state index in [1.807, 2.05) is 0 Å². The number of carbonyl (C=O) groups is 1. The fourth-order valence-corrected chi connectivity index (χ4v) is 3.29. The van der Waals surface area contributed by atoms with Crippen molar-refractivity contribution in [3.8, 4) is 5.69 Å². The number of hydrogen-bond donors (Lipinski definition) is 2. The van der Waals surface area contributed by atoms with E-state index in [1.54, 1.807) is 18.3 Å². The van der Waals surface area contributed by atoms with Gasteiger partial charge in [0.25, 0.3) is 0 Å². The molecule has 1 fully saturated rings. The molecule has 0 saturated heterocycles. The van der Waals surface area contributed by atoms with E-state index in [1.165, 1.54) is 23.0 Å². The molecule has 0 bridgehead atoms. The van der Waals surface area contributed by atoms with Crippen molar-refractivity contribution in [3.63, 3.8) is 0 Å². The van der Waals surface area contributed by atoms with Crippen molar-refractivity contribution in [2.45, 2.75) is 37.9 Å². The van der Waals surface area contributed by atoms with E-state index >= 15 is 0 Å². The van der Waals surface area contributed by atoms with E-state index in [9.17, 15) is 22.4 Å². The average molecular weight is 384 g/mol. The van der Waals surface area contributed by atoms with Crippen molar-refractivity contribution in [2.75, 3.05) is 11.9 Å². The predicted molar refractivity (Wildman–Crippen MR) is 92.0 cm³/mol. The smallest absolute Gasteiger partial charge is 0.376 e. The highest BCUT2D eigenvalue weighted by Crippen LogP contribution is 2.37. The first-order valence-electron chi connectivity index (χ1n) is 8.72. The number of nitrogens with zero attached hydrogens (tertiary/aromatic N) is 2. The van der Waals surface area contributed by atoms with Gasteiger partial charge in [-0.15, -0.1) is 0 Å². The molecule has 1 heterocycles. The van der Waals surface area contributed by atoms with E-state index in [0.717, 1.165) is 0 Å². The van der Waals surface area contributed by atoms with Crippen LogP contribution in [0.1, 0.15) is 25.7 Å². The molecule has 1 saturated carbocycles. The topological polar surface area (TPSA) is 59.0 Å². The zero-order chi connectivity index (χ0) is 19.4. The first kappa shape index (κ1) is 19.2. The van der Waals surface area contributed by atoms with Crippen LogP contribution in [0.15, 0.2) is 36.7 Å². The molecule has 5 nitrogen and oxygen atoms in total. The highest BCUT2D eigenvalue weighted by atomic mass is 19.4. The van der Waals surface area contributed by atoms with E-state index in [0.29, 0.717) is 18.5 Å². The Kier molecular flexibility index (Phi) is 5.67. The largest absolute Gasteiger partial charge is 0.391 e. The number of anilines is 1. The minimum atomic E-state index is -4.23. The van der Waals surface area contributed by atoms with Gasteiger partial charge in [-0.3, -0.25) is 4.79 Å². The summed E-state index contributed by atoms with van der Waals surface area (Å²) >= 11 is 0. The molecule has 1 aromatic heterocycles. The second-order valence-electron chi connectivity index (χ2n) is 6.64. The lowest BCUT2D eigenvalue weighted by Crippen LogP contribution is -2.43. The number of aromatic nitrogens is 2. The highest BCUT2D eigenvalue weighted by Gasteiger charge is 2.42. The van der Waals surface area contributed by atoms with Gasteiger partial charge in [-0.2, -0.15) is 18.3 Å². The molecule has 27 heavy (non-hydrogen) atoms. The van der Waals surface area contributed by atoms with Crippen molar-refractivity contribution in [3.05, 3.63) is 42.5 Å². The lowest BCUT2D eigenvalue weighted by Gasteiger charge is -2.31. The maximum atomic E-state index is 14.2. The van der Waals surface area contributed by atoms with Gasteiger partial charge in [0, 0.05) is 24.1 Å². The molecule has 1 aliphatic rings. The number of halogens is 4. The minimum Gasteiger partial charge on any atom is -0.376 e. The van der Waals surface area contributed by atoms with Crippen LogP contribution in [-0.4, -0.2) is 34.5 Å². The Balaban J connectivity index is 1.51. The molecule has 1 aliphatic carbocycles. The van der Waals surface area contributed by atoms with Crippen molar-refractivity contribution in [1.29, 1.82) is 0 Å². The van der Waals surface area contributed by atoms with Crippen molar-refractivity contribution < 1.29 is 22.4 Å². The number of carbonyl (C=O) groups excluding carboxylic acids is 1. The quantitative estimate of drug-likeness (QED) is 0.774. The molecule has 0 unspecified atom stereocenters. The van der Waals surface area contributed by atoms with E-state index in [2.05, 4.69) is 15.7 Å². The summed E-state index contributed by atoms with van der Waals surface area (Å²) in [5.74, 6) is -2.29. The standard InChI is InChI=1S/C18H20F4N4O/c19-15-10-13(5-6-16(15)26-8-2-7-24-26)23-11-17(27)25-14-4-1-3-12(9-14)18(20,21)22/h2,5-8,10,12,14,23H,1,3-4,9,11H2,(H,25,27)/t12-,14+/m0/s1. The zero-order valence-corrected chi connectivity index (χ0v) is 14.5. The van der Waals surface area contributed by atoms with Gasteiger partial charge in [-0.25, -0.2) is 9.07 Å². The van der Waals surface area contributed by atoms with Crippen LogP contribution >= 0.6 is 0 Å². The lowest BCUT2D eigenvalue weighted by atomic mass is 9.85. The van der Waals surface area contributed by atoms with Gasteiger partial charge in [-0.1, -0.05) is 6.42 Å². The summed E-state index contributed by atoms with van der Waals surface area (Å²) in [5, 5.41) is 9.37. The molecule has 9 heteroatoms. The normalized spacial score (nSPS) is 20.3. The second kappa shape index (κ2) is 7.98. The first-order chi connectivity index (χ1) is 12.8. The number of nitrogens with one attached hydrogen (secondary N) is 2. The summed E-state index contributed by atoms with van der Waals surface area (Å²) < 4.78 is 54.0. The Labute approximate surface area is 153 Å². The third kappa shape index (κ3) is 4.99. The number of rotatable bonds is 5. The minimum absolute atomic E-state index is 0.0948. The summed E-state index contributed by atoms with van der Waals surface area (Å²) in [7, 11) is 0. The predicted octanol–water partition coefficient (Wildman–Crippen LogP) is 3.66. The fraction of sp³-hybridized carbons (Fsp3) is 0.444. The third-order valence-corrected chi connectivity index (χ3v) is 4.65. The maximum Gasteiger partial charge on any atom is 0.391 e. The second-order valence-corrected chi connectivity index (χ2v) is 6.64. The lowest BCUT2D eigenvalue weighted by molar-refractivity contribution is -0.184. The zero-order valence-electron chi connectivity index (χ0n) is 14.5. The molecule has 0 radical (unpaired) electrons. The fourth-order valence-electron chi connectivity index (χ4n) is 3.29. The van der Waals surface area contributed by atoms with Crippen LogP contribution in [0.2, 0.25) is 0 Å². The molecule has 1 aromatic carbocycles. The Morgan fingerprint density at radius 3 is 2.78 bits per heavy atom. The van der Waals surface area contributed by atoms with E-state index in [4.69, 9.17) is 0 Å². The molecular formula is C18H20F4N4O. The number of alkyl halides is 3. The van der Waals surface area contributed by atoms with E-state index < -0.39 is 29.9 Å². The molecule has 0 spiro atoms. The molecule has 2 aromatic rings. The van der Waals surface area contributed by atoms with Crippen LogP contribution < -0.4 is 10.6 Å². The van der Waals surface area contributed by atoms with Gasteiger partial charge in [0.1, 0.15) is 5.69 Å². The highest BCUT2D eigenvalue weighted by molar-refractivity contribution is 5.81.